The highest BCUT2D eigenvalue weighted by atomic mass is 32.1. The Bertz CT molecular complexity index is 1920. The van der Waals surface area contributed by atoms with E-state index in [1.54, 1.807) is 72.4 Å². The first kappa shape index (κ1) is 30.5. The number of alkyl halides is 3. The van der Waals surface area contributed by atoms with Crippen molar-refractivity contribution in [3.05, 3.63) is 91.3 Å². The summed E-state index contributed by atoms with van der Waals surface area (Å²) in [5, 5.41) is -1.42. The number of thiophene rings is 6. The van der Waals surface area contributed by atoms with Crippen LogP contribution in [0.5, 0.6) is 0 Å². The van der Waals surface area contributed by atoms with Gasteiger partial charge in [-0.15, -0.1) is 68.0 Å². The molecule has 0 spiro atoms. The number of allylic oxidation sites excluding steroid dienone is 2. The molecule has 0 saturated carbocycles. The van der Waals surface area contributed by atoms with E-state index in [-0.39, 0.29) is 5.57 Å². The fraction of sp³-hybridized carbons (Fsp3) is 0.212. The topological polar surface area (TPSA) is 0 Å². The first-order valence-electron chi connectivity index (χ1n) is 14.2. The minimum Gasteiger partial charge on any atom is -0.241 e. The van der Waals surface area contributed by atoms with Crippen LogP contribution in [0, 0.1) is 27.7 Å². The van der Waals surface area contributed by atoms with E-state index in [1.165, 1.54) is 16.2 Å². The molecule has 6 aromatic rings. The molecule has 0 amide bonds. The number of aryl methyl sites for hydroxylation is 4. The molecule has 0 saturated heterocycles. The van der Waals surface area contributed by atoms with Gasteiger partial charge in [-0.05, 0) is 105 Å². The van der Waals surface area contributed by atoms with Crippen molar-refractivity contribution in [2.24, 2.45) is 0 Å². The smallest absolute Gasteiger partial charge is 0.241 e. The van der Waals surface area contributed by atoms with Gasteiger partial charge in [-0.1, -0.05) is 0 Å². The molecule has 11 heteroatoms. The van der Waals surface area contributed by atoms with Crippen LogP contribution in [0.15, 0.2) is 60.7 Å². The highest BCUT2D eigenvalue weighted by Gasteiger charge is 2.61. The lowest BCUT2D eigenvalue weighted by Gasteiger charge is -2.27. The molecule has 0 aliphatic heterocycles. The predicted octanol–water partition coefficient (Wildman–Crippen LogP) is 11.2. The average molecular weight is 695 g/mol. The normalized spacial score (nSPS) is 17.7. The third-order valence-corrected chi connectivity index (χ3v) is 15.1. The molecule has 44 heavy (non-hydrogen) atoms. The highest BCUT2D eigenvalue weighted by molar-refractivity contribution is 7.27. The Morgan fingerprint density at radius 1 is 0.523 bits per heavy atom. The van der Waals surface area contributed by atoms with E-state index in [2.05, 4.69) is 50.2 Å². The zero-order chi connectivity index (χ0) is 31.1. The summed E-state index contributed by atoms with van der Waals surface area (Å²) >= 11 is 9.71. The first-order chi connectivity index (χ1) is 20.8. The van der Waals surface area contributed by atoms with Crippen molar-refractivity contribution in [2.45, 2.75) is 45.0 Å². The summed E-state index contributed by atoms with van der Waals surface area (Å²) in [4.78, 5) is 12.3. The molecule has 0 nitrogen and oxygen atoms in total. The molecule has 6 heterocycles. The molecule has 7 rings (SSSR count). The fourth-order valence-electron chi connectivity index (χ4n) is 6.00. The maximum atomic E-state index is 16.7. The number of hydrogen-bond donors (Lipinski definition) is 0. The van der Waals surface area contributed by atoms with Gasteiger partial charge in [-0.3, -0.25) is 0 Å². The summed E-state index contributed by atoms with van der Waals surface area (Å²) in [5.41, 5.74) is 1.39. The second kappa shape index (κ2) is 11.0. The van der Waals surface area contributed by atoms with Gasteiger partial charge < -0.3 is 0 Å². The van der Waals surface area contributed by atoms with Crippen molar-refractivity contribution in [1.82, 2.24) is 0 Å². The largest absolute Gasteiger partial charge is 0.304 e. The number of halogens is 3. The maximum absolute atomic E-state index is 16.7. The van der Waals surface area contributed by atoms with E-state index in [9.17, 15) is 0 Å². The van der Waals surface area contributed by atoms with Crippen LogP contribution in [0.3, 0.4) is 0 Å². The van der Waals surface area contributed by atoms with E-state index in [4.69, 9.17) is 0 Å². The SMILES string of the molecule is BC1(B)C(c2cc(-c3ccc(C)s3)sc2-c2ccc(C)s2)=C(c2cc(-c3ccc(C)s3)sc2-c2ccc(C)s2)C(F)(F)C1F. The molecule has 1 aliphatic carbocycles. The third kappa shape index (κ3) is 4.99. The fourth-order valence-corrected chi connectivity index (χ4v) is 12.2. The average Bonchev–Trinajstić information content (AvgIpc) is 3.79. The molecule has 0 radical (unpaired) electrons. The summed E-state index contributed by atoms with van der Waals surface area (Å²) in [7, 11) is 3.30. The van der Waals surface area contributed by atoms with Crippen LogP contribution >= 0.6 is 68.0 Å². The standard InChI is InChI=1S/C33H27B2F3S6/c1-15-5-9-21(39-15)25-13-19(29(43-25)23-11-7-17(3)41-23)27-28(33(37,38)31(36)32(27,34)35)20-14-26(22-10-6-16(2)40-22)44-30(20)24-12-8-18(4)42-24/h5-14,31H,34-35H2,1-4H3. The van der Waals surface area contributed by atoms with Crippen LogP contribution in [0.2, 0.25) is 5.21 Å². The zero-order valence-corrected chi connectivity index (χ0v) is 29.8. The molecule has 1 unspecified atom stereocenters. The molecule has 6 aromatic heterocycles. The maximum Gasteiger partial charge on any atom is 0.304 e. The summed E-state index contributed by atoms with van der Waals surface area (Å²) in [6.45, 7) is 8.19. The van der Waals surface area contributed by atoms with Gasteiger partial charge in [0.05, 0.1) is 9.75 Å². The van der Waals surface area contributed by atoms with Gasteiger partial charge in [0.15, 0.2) is 6.17 Å². The molecule has 0 aromatic carbocycles. The number of hydrogen-bond acceptors (Lipinski definition) is 6. The quantitative estimate of drug-likeness (QED) is 0.152. The molecule has 0 bridgehead atoms. The van der Waals surface area contributed by atoms with Crippen molar-refractivity contribution >= 4 is 94.9 Å². The van der Waals surface area contributed by atoms with Crippen molar-refractivity contribution in [3.63, 3.8) is 0 Å². The molecule has 0 fully saturated rings. The first-order valence-corrected chi connectivity index (χ1v) is 19.1. The Morgan fingerprint density at radius 2 is 0.886 bits per heavy atom. The van der Waals surface area contributed by atoms with E-state index >= 15 is 13.2 Å². The van der Waals surface area contributed by atoms with Crippen LogP contribution in [0.25, 0.3) is 50.2 Å². The van der Waals surface area contributed by atoms with Crippen LogP contribution in [0.4, 0.5) is 13.2 Å². The van der Waals surface area contributed by atoms with Gasteiger partial charge in [0.1, 0.15) is 15.7 Å². The monoisotopic (exact) mass is 694 g/mol. The van der Waals surface area contributed by atoms with Gasteiger partial charge in [-0.2, -0.15) is 8.78 Å². The Kier molecular flexibility index (Phi) is 7.62. The summed E-state index contributed by atoms with van der Waals surface area (Å²) in [5.74, 6) is -3.67. The van der Waals surface area contributed by atoms with Gasteiger partial charge in [0, 0.05) is 59.9 Å². The Hall–Kier alpha value is -2.14. The molecular weight excluding hydrogens is 667 g/mol. The molecular formula is C33H27B2F3S6. The van der Waals surface area contributed by atoms with Crippen molar-refractivity contribution in [1.29, 1.82) is 0 Å². The van der Waals surface area contributed by atoms with Gasteiger partial charge in [0.25, 0.3) is 0 Å². The zero-order valence-electron chi connectivity index (χ0n) is 24.9. The second-order valence-corrected chi connectivity index (χ2v) is 19.1. The minimum atomic E-state index is -3.67. The Morgan fingerprint density at radius 3 is 1.25 bits per heavy atom. The Balaban J connectivity index is 1.56. The third-order valence-electron chi connectivity index (χ3n) is 8.08. The summed E-state index contributed by atoms with van der Waals surface area (Å²) in [6.07, 6.45) is -2.37. The predicted molar refractivity (Wildman–Crippen MR) is 197 cm³/mol. The second-order valence-electron chi connectivity index (χ2n) is 11.8. The van der Waals surface area contributed by atoms with Crippen LogP contribution in [-0.2, 0) is 0 Å². The van der Waals surface area contributed by atoms with Crippen molar-refractivity contribution < 1.29 is 13.2 Å². The van der Waals surface area contributed by atoms with E-state index in [0.29, 0.717) is 16.7 Å². The van der Waals surface area contributed by atoms with E-state index in [0.717, 1.165) is 53.6 Å². The molecule has 1 atom stereocenters. The summed E-state index contributed by atoms with van der Waals surface area (Å²) < 4.78 is 49.7. The minimum absolute atomic E-state index is 0.173. The summed E-state index contributed by atoms with van der Waals surface area (Å²) in [6, 6.07) is 20.4. The van der Waals surface area contributed by atoms with Crippen molar-refractivity contribution in [2.75, 3.05) is 0 Å². The lowest BCUT2D eigenvalue weighted by molar-refractivity contribution is -0.0105. The highest BCUT2D eigenvalue weighted by Crippen LogP contribution is 2.65. The van der Waals surface area contributed by atoms with E-state index < -0.39 is 17.3 Å². The lowest BCUT2D eigenvalue weighted by Crippen LogP contribution is -2.35. The van der Waals surface area contributed by atoms with E-state index in [1.807, 2.05) is 38.1 Å². The van der Waals surface area contributed by atoms with Crippen molar-refractivity contribution in [3.8, 4) is 39.0 Å². The molecule has 1 aliphatic rings. The Labute approximate surface area is 281 Å². The molecule has 222 valence electrons. The van der Waals surface area contributed by atoms with Gasteiger partial charge >= 0.3 is 5.92 Å². The lowest BCUT2D eigenvalue weighted by atomic mass is 9.49. The van der Waals surface area contributed by atoms with Crippen LogP contribution in [0.1, 0.15) is 30.6 Å². The van der Waals surface area contributed by atoms with Gasteiger partial charge in [0.2, 0.25) is 0 Å². The van der Waals surface area contributed by atoms with Crippen LogP contribution in [-0.4, -0.2) is 27.8 Å². The van der Waals surface area contributed by atoms with Gasteiger partial charge in [-0.25, -0.2) is 4.39 Å². The molecule has 0 N–H and O–H groups in total. The van der Waals surface area contributed by atoms with Crippen LogP contribution < -0.4 is 0 Å². The number of rotatable bonds is 6.